The van der Waals surface area contributed by atoms with E-state index >= 15 is 0 Å². The Morgan fingerprint density at radius 2 is 0.977 bits per heavy atom. The highest BCUT2D eigenvalue weighted by atomic mass is 16.5. The average molecular weight is 579 g/mol. The molecule has 5 aromatic carbocycles. The number of piperazine rings is 1. The first-order chi connectivity index (χ1) is 21.7. The summed E-state index contributed by atoms with van der Waals surface area (Å²) in [5.74, 6) is 0.914. The van der Waals surface area contributed by atoms with Crippen molar-refractivity contribution in [2.75, 3.05) is 32.8 Å². The first kappa shape index (κ1) is 29.6. The van der Waals surface area contributed by atoms with Gasteiger partial charge in [-0.15, -0.1) is 0 Å². The maximum atomic E-state index is 6.35. The topological polar surface area (TPSA) is 15.7 Å². The molecule has 222 valence electrons. The Hall–Kier alpha value is -4.44. The summed E-state index contributed by atoms with van der Waals surface area (Å²) in [5, 5.41) is 0. The summed E-state index contributed by atoms with van der Waals surface area (Å²) >= 11 is 0. The van der Waals surface area contributed by atoms with E-state index in [1.54, 1.807) is 0 Å². The molecular formula is C41H42N2O. The van der Waals surface area contributed by atoms with Gasteiger partial charge in [0.1, 0.15) is 12.4 Å². The van der Waals surface area contributed by atoms with Gasteiger partial charge in [-0.3, -0.25) is 9.80 Å². The molecule has 0 radical (unpaired) electrons. The van der Waals surface area contributed by atoms with Crippen molar-refractivity contribution in [2.24, 2.45) is 0 Å². The highest BCUT2D eigenvalue weighted by molar-refractivity contribution is 5.97. The fourth-order valence-electron chi connectivity index (χ4n) is 6.40. The number of nitrogens with zero attached hydrogens (tertiary/aromatic N) is 2. The zero-order valence-corrected chi connectivity index (χ0v) is 25.8. The van der Waals surface area contributed by atoms with Crippen molar-refractivity contribution in [1.82, 2.24) is 9.80 Å². The predicted octanol–water partition coefficient (Wildman–Crippen LogP) is 8.84. The molecule has 1 unspecified atom stereocenters. The summed E-state index contributed by atoms with van der Waals surface area (Å²) in [7, 11) is 0. The van der Waals surface area contributed by atoms with E-state index in [9.17, 15) is 0 Å². The van der Waals surface area contributed by atoms with Gasteiger partial charge in [-0.2, -0.15) is 0 Å². The molecule has 1 heterocycles. The Kier molecular flexibility index (Phi) is 9.66. The van der Waals surface area contributed by atoms with Gasteiger partial charge in [0.15, 0.2) is 0 Å². The van der Waals surface area contributed by atoms with Gasteiger partial charge in [0.25, 0.3) is 0 Å². The SMILES string of the molecule is C/C(=C(/c1ccccc1)c1ccc(OCC(C)N2CCN(C(c3ccccc3)c3ccccc3)CC2)cc1)c1ccccc1. The third-order valence-corrected chi connectivity index (χ3v) is 8.85. The highest BCUT2D eigenvalue weighted by Gasteiger charge is 2.28. The fourth-order valence-corrected chi connectivity index (χ4v) is 6.40. The van der Waals surface area contributed by atoms with Crippen LogP contribution in [-0.4, -0.2) is 48.6 Å². The Morgan fingerprint density at radius 1 is 0.545 bits per heavy atom. The Morgan fingerprint density at radius 3 is 1.50 bits per heavy atom. The van der Waals surface area contributed by atoms with Crippen LogP contribution in [0, 0.1) is 0 Å². The molecule has 0 N–H and O–H groups in total. The quantitative estimate of drug-likeness (QED) is 0.154. The van der Waals surface area contributed by atoms with Gasteiger partial charge in [0.05, 0.1) is 6.04 Å². The van der Waals surface area contributed by atoms with E-state index in [4.69, 9.17) is 4.74 Å². The maximum Gasteiger partial charge on any atom is 0.119 e. The summed E-state index contributed by atoms with van der Waals surface area (Å²) in [4.78, 5) is 5.19. The predicted molar refractivity (Wildman–Crippen MR) is 184 cm³/mol. The molecule has 0 amide bonds. The number of ether oxygens (including phenoxy) is 1. The van der Waals surface area contributed by atoms with Crippen molar-refractivity contribution in [2.45, 2.75) is 25.9 Å². The smallest absolute Gasteiger partial charge is 0.119 e. The minimum absolute atomic E-state index is 0.282. The lowest BCUT2D eigenvalue weighted by molar-refractivity contribution is 0.0654. The summed E-state index contributed by atoms with van der Waals surface area (Å²) in [5.41, 5.74) is 8.88. The van der Waals surface area contributed by atoms with E-state index in [2.05, 4.69) is 169 Å². The van der Waals surface area contributed by atoms with Crippen LogP contribution in [0.1, 0.15) is 47.7 Å². The lowest BCUT2D eigenvalue weighted by Gasteiger charge is -2.41. The van der Waals surface area contributed by atoms with Crippen LogP contribution in [0.5, 0.6) is 5.75 Å². The van der Waals surface area contributed by atoms with E-state index in [1.165, 1.54) is 39.0 Å². The van der Waals surface area contributed by atoms with E-state index in [0.717, 1.165) is 31.9 Å². The molecule has 6 rings (SSSR count). The maximum absolute atomic E-state index is 6.35. The van der Waals surface area contributed by atoms with E-state index < -0.39 is 0 Å². The van der Waals surface area contributed by atoms with Crippen LogP contribution in [-0.2, 0) is 0 Å². The molecule has 44 heavy (non-hydrogen) atoms. The van der Waals surface area contributed by atoms with Crippen molar-refractivity contribution >= 4 is 11.1 Å². The number of benzene rings is 5. The van der Waals surface area contributed by atoms with E-state index in [0.29, 0.717) is 12.6 Å². The summed E-state index contributed by atoms with van der Waals surface area (Å²) in [6.45, 7) is 9.30. The molecule has 5 aromatic rings. The van der Waals surface area contributed by atoms with Crippen molar-refractivity contribution in [3.8, 4) is 5.75 Å². The number of hydrogen-bond donors (Lipinski definition) is 0. The third-order valence-electron chi connectivity index (χ3n) is 8.85. The summed E-state index contributed by atoms with van der Waals surface area (Å²) in [6.07, 6.45) is 0. The molecule has 3 nitrogen and oxygen atoms in total. The lowest BCUT2D eigenvalue weighted by Crippen LogP contribution is -2.51. The Bertz CT molecular complexity index is 1570. The van der Waals surface area contributed by atoms with Gasteiger partial charge >= 0.3 is 0 Å². The molecular weight excluding hydrogens is 536 g/mol. The van der Waals surface area contributed by atoms with Crippen LogP contribution in [0.3, 0.4) is 0 Å². The number of allylic oxidation sites excluding steroid dienone is 1. The molecule has 0 bridgehead atoms. The zero-order valence-electron chi connectivity index (χ0n) is 25.8. The molecule has 0 aliphatic carbocycles. The Balaban J connectivity index is 1.09. The molecule has 1 atom stereocenters. The Labute approximate surface area is 263 Å². The molecule has 1 aliphatic rings. The second-order valence-electron chi connectivity index (χ2n) is 11.7. The van der Waals surface area contributed by atoms with Gasteiger partial charge in [0, 0.05) is 32.2 Å². The normalized spacial score (nSPS) is 15.5. The standard InChI is InChI=1S/C41H42N2O/c1-32(42-27-29-43(30-28-42)41(37-19-11-5-12-20-37)38-21-13-6-14-22-38)31-44-39-25-23-36(24-26-39)40(35-17-9-4-10-18-35)33(2)34-15-7-3-8-16-34/h3-26,32,41H,27-31H2,1-2H3/b40-33+. The van der Waals surface area contributed by atoms with Crippen molar-refractivity contribution in [3.63, 3.8) is 0 Å². The van der Waals surface area contributed by atoms with Gasteiger partial charge in [-0.05, 0) is 64.9 Å². The van der Waals surface area contributed by atoms with Crippen molar-refractivity contribution in [1.29, 1.82) is 0 Å². The molecule has 1 aliphatic heterocycles. The van der Waals surface area contributed by atoms with E-state index in [-0.39, 0.29) is 6.04 Å². The molecule has 0 aromatic heterocycles. The molecule has 3 heteroatoms. The zero-order chi connectivity index (χ0) is 30.1. The van der Waals surface area contributed by atoms with Crippen LogP contribution >= 0.6 is 0 Å². The first-order valence-corrected chi connectivity index (χ1v) is 15.8. The monoisotopic (exact) mass is 578 g/mol. The first-order valence-electron chi connectivity index (χ1n) is 15.8. The third kappa shape index (κ3) is 7.02. The van der Waals surface area contributed by atoms with Crippen molar-refractivity contribution in [3.05, 3.63) is 173 Å². The fraction of sp³-hybridized carbons (Fsp3) is 0.220. The highest BCUT2D eigenvalue weighted by Crippen LogP contribution is 2.33. The van der Waals surface area contributed by atoms with Crippen molar-refractivity contribution < 1.29 is 4.74 Å². The summed E-state index contributed by atoms with van der Waals surface area (Å²) < 4.78 is 6.35. The average Bonchev–Trinajstić information content (AvgIpc) is 3.10. The van der Waals surface area contributed by atoms with Crippen LogP contribution in [0.2, 0.25) is 0 Å². The van der Waals surface area contributed by atoms with Crippen LogP contribution in [0.15, 0.2) is 146 Å². The van der Waals surface area contributed by atoms with Crippen LogP contribution in [0.25, 0.3) is 11.1 Å². The largest absolute Gasteiger partial charge is 0.492 e. The lowest BCUT2D eigenvalue weighted by atomic mass is 9.90. The second-order valence-corrected chi connectivity index (χ2v) is 11.7. The van der Waals surface area contributed by atoms with Gasteiger partial charge in [-0.1, -0.05) is 133 Å². The van der Waals surface area contributed by atoms with E-state index in [1.807, 2.05) is 0 Å². The molecule has 1 saturated heterocycles. The van der Waals surface area contributed by atoms with Crippen LogP contribution in [0.4, 0.5) is 0 Å². The second kappa shape index (κ2) is 14.4. The minimum Gasteiger partial charge on any atom is -0.492 e. The number of hydrogen-bond acceptors (Lipinski definition) is 3. The molecule has 0 spiro atoms. The summed E-state index contributed by atoms with van der Waals surface area (Å²) in [6, 6.07) is 52.4. The van der Waals surface area contributed by atoms with Gasteiger partial charge in [0.2, 0.25) is 0 Å². The van der Waals surface area contributed by atoms with Crippen LogP contribution < -0.4 is 4.74 Å². The number of rotatable bonds is 10. The van der Waals surface area contributed by atoms with Gasteiger partial charge in [-0.25, -0.2) is 0 Å². The minimum atomic E-state index is 0.282. The van der Waals surface area contributed by atoms with Gasteiger partial charge < -0.3 is 4.74 Å². The molecule has 1 fully saturated rings. The molecule has 0 saturated carbocycles.